The Morgan fingerprint density at radius 3 is 2.40 bits per heavy atom. The first-order valence-corrected chi connectivity index (χ1v) is 7.93. The van der Waals surface area contributed by atoms with Crippen molar-refractivity contribution in [3.8, 4) is 5.75 Å². The van der Waals surface area contributed by atoms with Gasteiger partial charge in [0.05, 0.1) is 0 Å². The predicted molar refractivity (Wildman–Crippen MR) is 94.9 cm³/mol. The number of aromatic hydroxyl groups is 1. The molecule has 1 aromatic carbocycles. The number of hydrogen-bond donors (Lipinski definition) is 7. The lowest BCUT2D eigenvalue weighted by Crippen LogP contribution is -2.47. The molecule has 0 spiro atoms. The summed E-state index contributed by atoms with van der Waals surface area (Å²) < 4.78 is 0. The number of amides is 2. The average Bonchev–Trinajstić information content (AvgIpc) is 2.54. The van der Waals surface area contributed by atoms with Crippen LogP contribution < -0.4 is 27.4 Å². The Morgan fingerprint density at radius 1 is 1.24 bits per heavy atom. The third-order valence-corrected chi connectivity index (χ3v) is 3.70. The van der Waals surface area contributed by atoms with Gasteiger partial charge in [0.1, 0.15) is 11.8 Å². The molecular weight excluding hydrogens is 324 g/mol. The molecule has 1 aromatic rings. The minimum absolute atomic E-state index is 0.123. The van der Waals surface area contributed by atoms with Crippen LogP contribution in [0, 0.1) is 5.41 Å². The zero-order valence-electron chi connectivity index (χ0n) is 14.2. The second kappa shape index (κ2) is 10.1. The Labute approximate surface area is 146 Å². The van der Waals surface area contributed by atoms with Crippen LogP contribution in [0.25, 0.3) is 0 Å². The predicted octanol–water partition coefficient (Wildman–Crippen LogP) is -1.24. The number of carbonyl (C=O) groups excluding carboxylic acids is 2. The van der Waals surface area contributed by atoms with Gasteiger partial charge in [0.25, 0.3) is 0 Å². The monoisotopic (exact) mass is 350 g/mol. The molecule has 0 aromatic heterocycles. The first-order chi connectivity index (χ1) is 11.8. The highest BCUT2D eigenvalue weighted by Crippen LogP contribution is 2.11. The number of nitrogens with one attached hydrogen (secondary N) is 4. The summed E-state index contributed by atoms with van der Waals surface area (Å²) in [5.41, 5.74) is 11.4. The summed E-state index contributed by atoms with van der Waals surface area (Å²) in [4.78, 5) is 23.8. The van der Waals surface area contributed by atoms with Gasteiger partial charge >= 0.3 is 0 Å². The van der Waals surface area contributed by atoms with Gasteiger partial charge in [-0.05, 0) is 31.2 Å². The quantitative estimate of drug-likeness (QED) is 0.206. The van der Waals surface area contributed by atoms with Gasteiger partial charge in [-0.1, -0.05) is 12.1 Å². The zero-order chi connectivity index (χ0) is 18.8. The van der Waals surface area contributed by atoms with Crippen LogP contribution in [0.3, 0.4) is 0 Å². The van der Waals surface area contributed by atoms with E-state index in [-0.39, 0.29) is 36.5 Å². The number of nitrogens with two attached hydrogens (primary N) is 2. The fourth-order valence-electron chi connectivity index (χ4n) is 2.30. The van der Waals surface area contributed by atoms with Crippen molar-refractivity contribution in [2.45, 2.75) is 31.3 Å². The number of carbonyl (C=O) groups is 2. The van der Waals surface area contributed by atoms with E-state index >= 15 is 0 Å². The Morgan fingerprint density at radius 2 is 1.88 bits per heavy atom. The van der Waals surface area contributed by atoms with Gasteiger partial charge in [-0.25, -0.2) is 0 Å². The molecule has 0 unspecified atom stereocenters. The Kier molecular flexibility index (Phi) is 8.21. The van der Waals surface area contributed by atoms with Gasteiger partial charge in [-0.15, -0.1) is 0 Å². The Bertz CT molecular complexity index is 590. The zero-order valence-corrected chi connectivity index (χ0v) is 14.2. The van der Waals surface area contributed by atoms with Crippen LogP contribution in [0.1, 0.15) is 18.4 Å². The molecule has 2 amide bonds. The van der Waals surface area contributed by atoms with Crippen LogP contribution in [-0.2, 0) is 16.0 Å². The van der Waals surface area contributed by atoms with E-state index in [1.807, 2.05) is 0 Å². The van der Waals surface area contributed by atoms with Crippen molar-refractivity contribution in [1.29, 1.82) is 5.41 Å². The molecule has 0 aliphatic rings. The lowest BCUT2D eigenvalue weighted by molar-refractivity contribution is -0.127. The van der Waals surface area contributed by atoms with E-state index < -0.39 is 11.9 Å². The maximum atomic E-state index is 12.2. The maximum absolute atomic E-state index is 12.2. The summed E-state index contributed by atoms with van der Waals surface area (Å²) >= 11 is 0. The lowest BCUT2D eigenvalue weighted by atomic mass is 10.0. The van der Waals surface area contributed by atoms with Crippen LogP contribution in [0.5, 0.6) is 5.75 Å². The third-order valence-electron chi connectivity index (χ3n) is 3.70. The van der Waals surface area contributed by atoms with Gasteiger partial charge in [-0.3, -0.25) is 15.0 Å². The summed E-state index contributed by atoms with van der Waals surface area (Å²) in [6.45, 7) is 0.459. The molecule has 0 radical (unpaired) electrons. The van der Waals surface area contributed by atoms with Gasteiger partial charge in [-0.2, -0.15) is 0 Å². The van der Waals surface area contributed by atoms with Gasteiger partial charge < -0.3 is 32.5 Å². The van der Waals surface area contributed by atoms with Gasteiger partial charge in [0, 0.05) is 25.4 Å². The second-order valence-corrected chi connectivity index (χ2v) is 5.71. The van der Waals surface area contributed by atoms with E-state index in [9.17, 15) is 14.7 Å². The van der Waals surface area contributed by atoms with Crippen LogP contribution in [0.2, 0.25) is 0 Å². The highest BCUT2D eigenvalue weighted by Gasteiger charge is 2.20. The molecular formula is C16H26N6O3. The van der Waals surface area contributed by atoms with Crippen LogP contribution in [0.4, 0.5) is 0 Å². The smallest absolute Gasteiger partial charge is 0.240 e. The molecule has 2 atom stereocenters. The molecule has 9 nitrogen and oxygen atoms in total. The Hall–Kier alpha value is -2.81. The molecule has 1 rings (SSSR count). The number of rotatable bonds is 10. The van der Waals surface area contributed by atoms with E-state index in [0.717, 1.165) is 5.56 Å². The summed E-state index contributed by atoms with van der Waals surface area (Å²) in [5, 5.41) is 24.7. The SMILES string of the molecule is CN[C@@H](CCNC(=N)N)CC(=O)N[C@@H](Cc1ccc(O)cc1)C(N)=O. The minimum Gasteiger partial charge on any atom is -0.508 e. The molecule has 0 saturated heterocycles. The average molecular weight is 350 g/mol. The molecule has 9 heteroatoms. The lowest BCUT2D eigenvalue weighted by Gasteiger charge is -2.19. The van der Waals surface area contributed by atoms with E-state index in [0.29, 0.717) is 13.0 Å². The van der Waals surface area contributed by atoms with Crippen molar-refractivity contribution < 1.29 is 14.7 Å². The highest BCUT2D eigenvalue weighted by atomic mass is 16.3. The van der Waals surface area contributed by atoms with Crippen LogP contribution in [-0.4, -0.2) is 48.6 Å². The summed E-state index contributed by atoms with van der Waals surface area (Å²) in [7, 11) is 1.73. The summed E-state index contributed by atoms with van der Waals surface area (Å²) in [5.74, 6) is -0.924. The Balaban J connectivity index is 2.55. The van der Waals surface area contributed by atoms with Gasteiger partial charge in [0.15, 0.2) is 5.96 Å². The fraction of sp³-hybridized carbons (Fsp3) is 0.438. The van der Waals surface area contributed by atoms with Crippen molar-refractivity contribution in [3.05, 3.63) is 29.8 Å². The molecule has 0 heterocycles. The van der Waals surface area contributed by atoms with Crippen molar-refractivity contribution in [2.75, 3.05) is 13.6 Å². The largest absolute Gasteiger partial charge is 0.508 e. The van der Waals surface area contributed by atoms with Gasteiger partial charge in [0.2, 0.25) is 11.8 Å². The number of primary amides is 1. The standard InChI is InChI=1S/C16H26N6O3/c1-20-11(6-7-21-16(18)19)9-14(24)22-13(15(17)25)8-10-2-4-12(23)5-3-10/h2-5,11,13,20,23H,6-9H2,1H3,(H2,17,25)(H,22,24)(H4,18,19,21)/t11-,13-/m0/s1. The van der Waals surface area contributed by atoms with Crippen LogP contribution in [0.15, 0.2) is 24.3 Å². The molecule has 138 valence electrons. The third kappa shape index (κ3) is 8.02. The molecule has 0 fully saturated rings. The van der Waals surface area contributed by atoms with Crippen LogP contribution >= 0.6 is 0 Å². The number of benzene rings is 1. The first kappa shape index (κ1) is 20.2. The van der Waals surface area contributed by atoms with Crippen molar-refractivity contribution in [3.63, 3.8) is 0 Å². The minimum atomic E-state index is -0.829. The number of hydrogen-bond acceptors (Lipinski definition) is 5. The second-order valence-electron chi connectivity index (χ2n) is 5.71. The highest BCUT2D eigenvalue weighted by molar-refractivity contribution is 5.87. The van der Waals surface area contributed by atoms with E-state index in [4.69, 9.17) is 16.9 Å². The van der Waals surface area contributed by atoms with E-state index in [1.54, 1.807) is 19.2 Å². The summed E-state index contributed by atoms with van der Waals surface area (Å²) in [6.07, 6.45) is 0.996. The number of phenolic OH excluding ortho intramolecular Hbond substituents is 1. The first-order valence-electron chi connectivity index (χ1n) is 7.93. The number of guanidine groups is 1. The topological polar surface area (TPSA) is 166 Å². The molecule has 9 N–H and O–H groups in total. The molecule has 0 bridgehead atoms. The fourth-order valence-corrected chi connectivity index (χ4v) is 2.30. The summed E-state index contributed by atoms with van der Waals surface area (Å²) in [6, 6.07) is 5.39. The normalized spacial score (nSPS) is 12.8. The maximum Gasteiger partial charge on any atom is 0.240 e. The van der Waals surface area contributed by atoms with Crippen molar-refractivity contribution in [1.82, 2.24) is 16.0 Å². The van der Waals surface area contributed by atoms with E-state index in [1.165, 1.54) is 12.1 Å². The number of phenols is 1. The molecule has 0 saturated carbocycles. The van der Waals surface area contributed by atoms with E-state index in [2.05, 4.69) is 16.0 Å². The van der Waals surface area contributed by atoms with Crippen molar-refractivity contribution in [2.24, 2.45) is 11.5 Å². The molecule has 0 aliphatic carbocycles. The molecule has 25 heavy (non-hydrogen) atoms. The van der Waals surface area contributed by atoms with Crippen molar-refractivity contribution >= 4 is 17.8 Å². The molecule has 0 aliphatic heterocycles.